The third-order valence-electron chi connectivity index (χ3n) is 8.69. The smallest absolute Gasteiger partial charge is 0.271 e. The number of hydrogen-bond acceptors (Lipinski definition) is 9. The zero-order chi connectivity index (χ0) is 32.9. The Hall–Kier alpha value is -5.63. The Kier molecular flexibility index (Phi) is 7.52. The lowest BCUT2D eigenvalue weighted by atomic mass is 9.70. The van der Waals surface area contributed by atoms with Crippen LogP contribution in [0.1, 0.15) is 49.8 Å². The summed E-state index contributed by atoms with van der Waals surface area (Å²) in [7, 11) is 3.85. The van der Waals surface area contributed by atoms with E-state index in [0.717, 1.165) is 5.69 Å². The molecule has 1 aliphatic carbocycles. The summed E-state index contributed by atoms with van der Waals surface area (Å²) in [5, 5.41) is 21.2. The van der Waals surface area contributed by atoms with Crippen LogP contribution in [-0.4, -0.2) is 36.8 Å². The second-order valence-corrected chi connectivity index (χ2v) is 12.7. The lowest BCUT2D eigenvalue weighted by Gasteiger charge is -2.46. The number of rotatable bonds is 7. The molecule has 3 aromatic rings. The van der Waals surface area contributed by atoms with Crippen molar-refractivity contribution in [3.8, 4) is 11.8 Å². The highest BCUT2D eigenvalue weighted by atomic mass is 16.6. The van der Waals surface area contributed by atoms with Crippen LogP contribution in [0.4, 0.5) is 17.1 Å². The molecule has 1 amide bonds. The van der Waals surface area contributed by atoms with Crippen LogP contribution in [0.2, 0.25) is 0 Å². The van der Waals surface area contributed by atoms with Gasteiger partial charge in [-0.1, -0.05) is 26.0 Å². The Morgan fingerprint density at radius 3 is 2.22 bits per heavy atom. The van der Waals surface area contributed by atoms with Crippen LogP contribution in [0.15, 0.2) is 95.6 Å². The molecule has 11 nitrogen and oxygen atoms in total. The van der Waals surface area contributed by atoms with Crippen LogP contribution in [0.25, 0.3) is 0 Å². The number of nitriles is 1. The fourth-order valence-electron chi connectivity index (χ4n) is 6.40. The average molecular weight is 620 g/mol. The van der Waals surface area contributed by atoms with Crippen molar-refractivity contribution in [2.45, 2.75) is 44.8 Å². The number of carbonyl (C=O) groups excluding carboxylic acids is 2. The number of amides is 1. The minimum absolute atomic E-state index is 0.0122. The van der Waals surface area contributed by atoms with Crippen LogP contribution in [0.3, 0.4) is 0 Å². The SMILES string of the molecule is CN(C)c1ccc(N2C(=O)[C@H](Oc3ccc(C4C(C#N)=C(N)OC5=C4C(=O)CC(C)(C)C5)cc3)[C@@H]2c2ccc([N+](=O)[O-])cc2)cc1. The Morgan fingerprint density at radius 1 is 1.00 bits per heavy atom. The van der Waals surface area contributed by atoms with E-state index in [-0.39, 0.29) is 34.2 Å². The summed E-state index contributed by atoms with van der Waals surface area (Å²) in [6.07, 6.45) is -0.0493. The zero-order valence-corrected chi connectivity index (χ0v) is 25.9. The molecule has 3 aliphatic rings. The first-order valence-corrected chi connectivity index (χ1v) is 14.8. The molecular weight excluding hydrogens is 586 g/mol. The van der Waals surface area contributed by atoms with Crippen molar-refractivity contribution in [2.75, 3.05) is 23.9 Å². The fraction of sp³-hybridized carbons (Fsp3) is 0.286. The van der Waals surface area contributed by atoms with Gasteiger partial charge in [-0.15, -0.1) is 0 Å². The van der Waals surface area contributed by atoms with Crippen molar-refractivity contribution in [2.24, 2.45) is 11.1 Å². The highest BCUT2D eigenvalue weighted by Crippen LogP contribution is 2.48. The summed E-state index contributed by atoms with van der Waals surface area (Å²) in [5.41, 5.74) is 9.43. The number of ketones is 1. The largest absolute Gasteiger partial charge is 0.478 e. The Labute approximate surface area is 266 Å². The molecule has 1 fully saturated rings. The van der Waals surface area contributed by atoms with Crippen LogP contribution in [0, 0.1) is 26.9 Å². The predicted molar refractivity (Wildman–Crippen MR) is 171 cm³/mol. The third-order valence-corrected chi connectivity index (χ3v) is 8.69. The number of allylic oxidation sites excluding steroid dienone is 3. The molecule has 3 aromatic carbocycles. The van der Waals surface area contributed by atoms with Gasteiger partial charge >= 0.3 is 0 Å². The van der Waals surface area contributed by atoms with E-state index in [0.29, 0.717) is 46.7 Å². The first-order chi connectivity index (χ1) is 21.9. The molecule has 2 aliphatic heterocycles. The minimum atomic E-state index is -0.898. The Morgan fingerprint density at radius 2 is 1.63 bits per heavy atom. The van der Waals surface area contributed by atoms with E-state index in [1.54, 1.807) is 41.3 Å². The van der Waals surface area contributed by atoms with E-state index in [1.807, 2.05) is 57.1 Å². The lowest BCUT2D eigenvalue weighted by Crippen LogP contribution is -2.61. The molecule has 3 atom stereocenters. The van der Waals surface area contributed by atoms with Gasteiger partial charge in [-0.05, 0) is 65.1 Å². The maximum atomic E-state index is 13.6. The van der Waals surface area contributed by atoms with Gasteiger partial charge in [-0.3, -0.25) is 24.6 Å². The van der Waals surface area contributed by atoms with Crippen molar-refractivity contribution in [1.29, 1.82) is 5.26 Å². The molecule has 2 heterocycles. The number of nitrogens with two attached hydrogens (primary N) is 1. The predicted octanol–water partition coefficient (Wildman–Crippen LogP) is 5.65. The molecule has 11 heteroatoms. The van der Waals surface area contributed by atoms with E-state index in [2.05, 4.69) is 6.07 Å². The zero-order valence-electron chi connectivity index (χ0n) is 25.9. The first kappa shape index (κ1) is 30.4. The Bertz CT molecular complexity index is 1840. The molecule has 234 valence electrons. The van der Waals surface area contributed by atoms with Gasteiger partial charge < -0.3 is 20.1 Å². The first-order valence-electron chi connectivity index (χ1n) is 14.8. The fourth-order valence-corrected chi connectivity index (χ4v) is 6.40. The minimum Gasteiger partial charge on any atom is -0.478 e. The van der Waals surface area contributed by atoms with Crippen molar-refractivity contribution in [3.05, 3.63) is 117 Å². The van der Waals surface area contributed by atoms with Gasteiger partial charge in [-0.25, -0.2) is 0 Å². The summed E-state index contributed by atoms with van der Waals surface area (Å²) in [6, 6.07) is 22.1. The summed E-state index contributed by atoms with van der Waals surface area (Å²) in [6.45, 7) is 3.98. The monoisotopic (exact) mass is 619 g/mol. The van der Waals surface area contributed by atoms with E-state index in [4.69, 9.17) is 15.2 Å². The van der Waals surface area contributed by atoms with Gasteiger partial charge in [0.2, 0.25) is 12.0 Å². The van der Waals surface area contributed by atoms with Crippen molar-refractivity contribution in [3.63, 3.8) is 0 Å². The number of nitrogens with zero attached hydrogens (tertiary/aromatic N) is 4. The van der Waals surface area contributed by atoms with Gasteiger partial charge in [0.1, 0.15) is 29.2 Å². The standard InChI is InChI=1S/C35H33N5O6/c1-35(2)17-27(41)30-28(18-35)46-33(37)26(19-36)29(30)20-7-15-25(16-8-20)45-32-31(21-5-9-24(10-6-21)40(43)44)39(34(32)42)23-13-11-22(12-14-23)38(3)4/h5-16,29,31-32H,17-18,37H2,1-4H3/t29?,31-,32+/m0/s1. The second kappa shape index (κ2) is 11.4. The number of carbonyl (C=O) groups is 2. The molecular formula is C35H33N5O6. The topological polar surface area (TPSA) is 152 Å². The molecule has 0 saturated carbocycles. The highest BCUT2D eigenvalue weighted by Gasteiger charge is 2.51. The molecule has 0 bridgehead atoms. The maximum Gasteiger partial charge on any atom is 0.271 e. The number of hydrogen-bond donors (Lipinski definition) is 1. The van der Waals surface area contributed by atoms with Gasteiger partial charge in [0.25, 0.3) is 11.6 Å². The lowest BCUT2D eigenvalue weighted by molar-refractivity contribution is -0.384. The van der Waals surface area contributed by atoms with Crippen molar-refractivity contribution in [1.82, 2.24) is 0 Å². The quantitative estimate of drug-likeness (QED) is 0.201. The molecule has 0 radical (unpaired) electrons. The normalized spacial score (nSPS) is 22.0. The van der Waals surface area contributed by atoms with Crippen molar-refractivity contribution < 1.29 is 24.0 Å². The molecule has 2 N–H and O–H groups in total. The molecule has 1 saturated heterocycles. The molecule has 46 heavy (non-hydrogen) atoms. The number of β-lactam (4-membered cyclic amide) rings is 1. The van der Waals surface area contributed by atoms with E-state index < -0.39 is 23.0 Å². The number of anilines is 2. The van der Waals surface area contributed by atoms with Crippen LogP contribution < -0.4 is 20.3 Å². The number of ether oxygens (including phenoxy) is 2. The van der Waals surface area contributed by atoms with Gasteiger partial charge in [0, 0.05) is 56.0 Å². The number of nitro benzene ring substituents is 1. The number of Topliss-reactive ketones (excluding diaryl/α,β-unsaturated/α-hetero) is 1. The number of nitro groups is 1. The van der Waals surface area contributed by atoms with E-state index in [1.165, 1.54) is 12.1 Å². The van der Waals surface area contributed by atoms with Crippen LogP contribution >= 0.6 is 0 Å². The second-order valence-electron chi connectivity index (χ2n) is 12.7. The van der Waals surface area contributed by atoms with Gasteiger partial charge in [-0.2, -0.15) is 5.26 Å². The molecule has 1 unspecified atom stereocenters. The third kappa shape index (κ3) is 5.32. The van der Waals surface area contributed by atoms with Gasteiger partial charge in [0.05, 0.1) is 10.8 Å². The maximum absolute atomic E-state index is 13.6. The highest BCUT2D eigenvalue weighted by molar-refractivity contribution is 6.05. The average Bonchev–Trinajstić information content (AvgIpc) is 3.01. The number of benzene rings is 3. The van der Waals surface area contributed by atoms with E-state index >= 15 is 0 Å². The van der Waals surface area contributed by atoms with E-state index in [9.17, 15) is 25.0 Å². The molecule has 6 rings (SSSR count). The van der Waals surface area contributed by atoms with Crippen LogP contribution in [0.5, 0.6) is 5.75 Å². The summed E-state index contributed by atoms with van der Waals surface area (Å²) < 4.78 is 12.0. The molecule has 0 spiro atoms. The molecule has 0 aromatic heterocycles. The van der Waals surface area contributed by atoms with Crippen LogP contribution in [-0.2, 0) is 14.3 Å². The summed E-state index contributed by atoms with van der Waals surface area (Å²) >= 11 is 0. The summed E-state index contributed by atoms with van der Waals surface area (Å²) in [5.74, 6) is -0.132. The van der Waals surface area contributed by atoms with Gasteiger partial charge in [0.15, 0.2) is 5.78 Å². The number of non-ortho nitro benzene ring substituents is 1. The summed E-state index contributed by atoms with van der Waals surface area (Å²) in [4.78, 5) is 41.3. The van der Waals surface area contributed by atoms with Crippen molar-refractivity contribution >= 4 is 28.8 Å². The Balaban J connectivity index is 1.30.